The molecular weight excluding hydrogens is 142 g/mol. The number of carbonyl (C=O) groups is 1. The van der Waals surface area contributed by atoms with Crippen LogP contribution in [0.5, 0.6) is 0 Å². The zero-order chi connectivity index (χ0) is 7.44. The first-order valence-corrected chi connectivity index (χ1v) is 3.92. The fraction of sp³-hybridized carbons (Fsp3) is 0.750. The molecule has 0 amide bonds. The maximum absolute atomic E-state index is 10.3. The van der Waals surface area contributed by atoms with Crippen molar-refractivity contribution < 1.29 is 14.1 Å². The molecule has 0 aliphatic heterocycles. The standard InChI is InChI=1S/C4H9NO3S/c1-3(4(6)7)5-9(2)8/h3,5H,1-2H3,(H,6,7)/t3-,9-/m1/s1. The fourth-order valence-electron chi connectivity index (χ4n) is 0.299. The molecule has 5 heteroatoms. The van der Waals surface area contributed by atoms with Gasteiger partial charge >= 0.3 is 5.97 Å². The Balaban J connectivity index is 3.63. The third-order valence-corrected chi connectivity index (χ3v) is 1.40. The van der Waals surface area contributed by atoms with Crippen molar-refractivity contribution in [2.75, 3.05) is 6.26 Å². The molecule has 0 aliphatic rings. The highest BCUT2D eigenvalue weighted by atomic mass is 32.2. The Bertz CT molecular complexity index is 136. The molecular formula is C4H9NO3S. The summed E-state index contributed by atoms with van der Waals surface area (Å²) < 4.78 is 12.6. The van der Waals surface area contributed by atoms with Gasteiger partial charge in [-0.05, 0) is 6.92 Å². The van der Waals surface area contributed by atoms with Crippen LogP contribution in [0.3, 0.4) is 0 Å². The Morgan fingerprint density at radius 1 is 1.78 bits per heavy atom. The summed E-state index contributed by atoms with van der Waals surface area (Å²) in [5.74, 6) is -0.995. The summed E-state index contributed by atoms with van der Waals surface area (Å²) in [6.45, 7) is 1.43. The lowest BCUT2D eigenvalue weighted by Crippen LogP contribution is -2.34. The number of carboxylic acids is 1. The van der Waals surface area contributed by atoms with Gasteiger partial charge in [-0.3, -0.25) is 4.79 Å². The predicted octanol–water partition coefficient (Wildman–Crippen LogP) is -0.657. The molecule has 0 fully saturated rings. The maximum atomic E-state index is 10.3. The topological polar surface area (TPSA) is 66.4 Å². The van der Waals surface area contributed by atoms with Gasteiger partial charge in [-0.1, -0.05) is 0 Å². The predicted molar refractivity (Wildman–Crippen MR) is 34.3 cm³/mol. The van der Waals surface area contributed by atoms with Crippen LogP contribution in [0.1, 0.15) is 6.92 Å². The van der Waals surface area contributed by atoms with E-state index in [-0.39, 0.29) is 0 Å². The van der Waals surface area contributed by atoms with Gasteiger partial charge in [0.05, 0.1) is 11.0 Å². The molecule has 2 atom stereocenters. The van der Waals surface area contributed by atoms with Crippen molar-refractivity contribution in [1.29, 1.82) is 0 Å². The van der Waals surface area contributed by atoms with Gasteiger partial charge in [0.15, 0.2) is 0 Å². The van der Waals surface area contributed by atoms with Crippen molar-refractivity contribution in [3.8, 4) is 0 Å². The second kappa shape index (κ2) is 3.58. The van der Waals surface area contributed by atoms with Crippen LogP contribution < -0.4 is 4.72 Å². The van der Waals surface area contributed by atoms with Crippen LogP contribution in [0, 0.1) is 0 Å². The van der Waals surface area contributed by atoms with Crippen LogP contribution >= 0.6 is 0 Å². The molecule has 0 rings (SSSR count). The molecule has 2 N–H and O–H groups in total. The molecule has 0 heterocycles. The maximum Gasteiger partial charge on any atom is 0.321 e. The molecule has 0 saturated carbocycles. The van der Waals surface area contributed by atoms with Crippen LogP contribution in [0.2, 0.25) is 0 Å². The number of aliphatic carboxylic acids is 1. The minimum Gasteiger partial charge on any atom is -0.480 e. The molecule has 0 aromatic carbocycles. The van der Waals surface area contributed by atoms with Crippen molar-refractivity contribution >= 4 is 17.0 Å². The van der Waals surface area contributed by atoms with Gasteiger partial charge in [0.25, 0.3) is 0 Å². The number of nitrogens with one attached hydrogen (secondary N) is 1. The highest BCUT2D eigenvalue weighted by Gasteiger charge is 2.09. The molecule has 0 unspecified atom stereocenters. The Labute approximate surface area is 55.8 Å². The van der Waals surface area contributed by atoms with Gasteiger partial charge in [-0.15, -0.1) is 0 Å². The van der Waals surface area contributed by atoms with Crippen molar-refractivity contribution in [1.82, 2.24) is 4.72 Å². The average molecular weight is 151 g/mol. The van der Waals surface area contributed by atoms with Gasteiger partial charge < -0.3 is 5.11 Å². The summed E-state index contributed by atoms with van der Waals surface area (Å²) in [4.78, 5) is 10.0. The monoisotopic (exact) mass is 151 g/mol. The first-order valence-electron chi connectivity index (χ1n) is 2.36. The van der Waals surface area contributed by atoms with Crippen LogP contribution in [0.15, 0.2) is 0 Å². The summed E-state index contributed by atoms with van der Waals surface area (Å²) in [6.07, 6.45) is 1.39. The summed E-state index contributed by atoms with van der Waals surface area (Å²) in [6, 6.07) is -0.740. The third-order valence-electron chi connectivity index (χ3n) is 0.713. The minimum atomic E-state index is -1.25. The molecule has 0 bridgehead atoms. The quantitative estimate of drug-likeness (QED) is 0.563. The second-order valence-electron chi connectivity index (χ2n) is 1.63. The summed E-state index contributed by atoms with van der Waals surface area (Å²) in [7, 11) is -1.25. The van der Waals surface area contributed by atoms with Gasteiger partial charge in [0.1, 0.15) is 6.04 Å². The van der Waals surface area contributed by atoms with Crippen molar-refractivity contribution in [3.05, 3.63) is 0 Å². The van der Waals surface area contributed by atoms with E-state index in [0.29, 0.717) is 0 Å². The van der Waals surface area contributed by atoms with E-state index in [4.69, 9.17) is 5.11 Å². The largest absolute Gasteiger partial charge is 0.480 e. The lowest BCUT2D eigenvalue weighted by molar-refractivity contribution is -0.138. The highest BCUT2D eigenvalue weighted by Crippen LogP contribution is 1.80. The summed E-state index contributed by atoms with van der Waals surface area (Å²) in [5, 5.41) is 8.23. The third kappa shape index (κ3) is 4.11. The van der Waals surface area contributed by atoms with Crippen molar-refractivity contribution in [2.24, 2.45) is 0 Å². The Morgan fingerprint density at radius 2 is 2.22 bits per heavy atom. The fourth-order valence-corrected chi connectivity index (χ4v) is 0.898. The van der Waals surface area contributed by atoms with Gasteiger partial charge in [0, 0.05) is 6.26 Å². The minimum absolute atomic E-state index is 0.740. The van der Waals surface area contributed by atoms with E-state index in [1.54, 1.807) is 0 Å². The van der Waals surface area contributed by atoms with Crippen molar-refractivity contribution in [2.45, 2.75) is 13.0 Å². The lowest BCUT2D eigenvalue weighted by atomic mass is 10.4. The molecule has 9 heavy (non-hydrogen) atoms. The second-order valence-corrected chi connectivity index (χ2v) is 2.78. The molecule has 0 radical (unpaired) electrons. The van der Waals surface area contributed by atoms with E-state index in [1.807, 2.05) is 0 Å². The van der Waals surface area contributed by atoms with Crippen molar-refractivity contribution in [3.63, 3.8) is 0 Å². The molecule has 4 nitrogen and oxygen atoms in total. The van der Waals surface area contributed by atoms with Crippen LogP contribution in [-0.2, 0) is 15.8 Å². The van der Waals surface area contributed by atoms with Crippen LogP contribution in [-0.4, -0.2) is 27.6 Å². The Hall–Kier alpha value is -0.420. The first kappa shape index (κ1) is 8.58. The zero-order valence-corrected chi connectivity index (χ0v) is 6.07. The lowest BCUT2D eigenvalue weighted by Gasteiger charge is -2.03. The van der Waals surface area contributed by atoms with E-state index < -0.39 is 23.0 Å². The summed E-state index contributed by atoms with van der Waals surface area (Å²) >= 11 is 0. The van der Waals surface area contributed by atoms with Gasteiger partial charge in [0.2, 0.25) is 0 Å². The Morgan fingerprint density at radius 3 is 2.33 bits per heavy atom. The van der Waals surface area contributed by atoms with Gasteiger partial charge in [-0.2, -0.15) is 0 Å². The average Bonchev–Trinajstić information content (AvgIpc) is 1.63. The van der Waals surface area contributed by atoms with E-state index >= 15 is 0 Å². The van der Waals surface area contributed by atoms with Crippen LogP contribution in [0.25, 0.3) is 0 Å². The molecule has 0 spiro atoms. The van der Waals surface area contributed by atoms with Gasteiger partial charge in [-0.25, -0.2) is 8.93 Å². The zero-order valence-electron chi connectivity index (χ0n) is 5.25. The first-order chi connectivity index (χ1) is 4.04. The molecule has 0 aliphatic carbocycles. The number of hydrogen-bond donors (Lipinski definition) is 2. The van der Waals surface area contributed by atoms with E-state index in [0.717, 1.165) is 0 Å². The van der Waals surface area contributed by atoms with E-state index in [2.05, 4.69) is 4.72 Å². The Kier molecular flexibility index (Phi) is 3.41. The molecule has 0 aromatic heterocycles. The van der Waals surface area contributed by atoms with E-state index in [1.165, 1.54) is 13.2 Å². The molecule has 0 aromatic rings. The smallest absolute Gasteiger partial charge is 0.321 e. The number of carboxylic acid groups (broad SMARTS) is 1. The van der Waals surface area contributed by atoms with E-state index in [9.17, 15) is 9.00 Å². The number of hydrogen-bond acceptors (Lipinski definition) is 2. The summed E-state index contributed by atoms with van der Waals surface area (Å²) in [5.41, 5.74) is 0. The normalized spacial score (nSPS) is 16.7. The number of rotatable bonds is 3. The molecule has 54 valence electrons. The molecule has 0 saturated heterocycles. The SMILES string of the molecule is C[C@@H](N[S@@](C)=O)C(=O)O. The van der Waals surface area contributed by atoms with Crippen LogP contribution in [0.4, 0.5) is 0 Å². The highest BCUT2D eigenvalue weighted by molar-refractivity contribution is 7.82.